The summed E-state index contributed by atoms with van der Waals surface area (Å²) in [5.74, 6) is -1.36. The van der Waals surface area contributed by atoms with Gasteiger partial charge in [-0.15, -0.1) is 0 Å². The van der Waals surface area contributed by atoms with Crippen molar-refractivity contribution in [3.63, 3.8) is 0 Å². The van der Waals surface area contributed by atoms with E-state index in [0.717, 1.165) is 10.5 Å². The normalized spacial score (nSPS) is 13.1. The second-order valence-electron chi connectivity index (χ2n) is 5.46. The minimum Gasteiger partial charge on any atom is -0.505 e. The van der Waals surface area contributed by atoms with Crippen LogP contribution >= 0.6 is 15.9 Å². The Kier molecular flexibility index (Phi) is 7.38. The smallest absolute Gasteiger partial charge is 0.412 e. The summed E-state index contributed by atoms with van der Waals surface area (Å²) in [7, 11) is 1.40. The minimum atomic E-state index is -0.974. The molecule has 2 atom stereocenters. The summed E-state index contributed by atoms with van der Waals surface area (Å²) in [6.45, 7) is -0.201. The van der Waals surface area contributed by atoms with Crippen molar-refractivity contribution in [1.82, 2.24) is 0 Å². The summed E-state index contributed by atoms with van der Waals surface area (Å²) >= 11 is 3.30. The van der Waals surface area contributed by atoms with Gasteiger partial charge in [-0.25, -0.2) is 9.18 Å². The molecule has 2 aromatic carbocycles. The number of halogens is 2. The number of aromatic hydroxyl groups is 1. The molecule has 0 aromatic heterocycles. The van der Waals surface area contributed by atoms with Crippen molar-refractivity contribution < 1.29 is 28.9 Å². The highest BCUT2D eigenvalue weighted by Gasteiger charge is 2.28. The molecule has 0 spiro atoms. The van der Waals surface area contributed by atoms with E-state index >= 15 is 0 Å². The first kappa shape index (κ1) is 20.2. The van der Waals surface area contributed by atoms with Gasteiger partial charge < -0.3 is 19.7 Å². The molecule has 0 fully saturated rings. The SMILES string of the molecule is CO[C@@H](CCO)[C@@H](OC(=O)Nc1ccc(Br)cc1)c1ccc(O)c(F)c1. The first-order valence-corrected chi connectivity index (χ1v) is 8.59. The van der Waals surface area contributed by atoms with Gasteiger partial charge in [-0.3, -0.25) is 5.32 Å². The third-order valence-electron chi connectivity index (χ3n) is 3.68. The third-order valence-corrected chi connectivity index (χ3v) is 4.21. The monoisotopic (exact) mass is 427 g/mol. The van der Waals surface area contributed by atoms with Crippen LogP contribution in [-0.4, -0.2) is 36.1 Å². The van der Waals surface area contributed by atoms with E-state index in [2.05, 4.69) is 21.2 Å². The average molecular weight is 428 g/mol. The predicted molar refractivity (Wildman–Crippen MR) is 97.6 cm³/mol. The van der Waals surface area contributed by atoms with Crippen LogP contribution in [0.4, 0.5) is 14.9 Å². The maximum absolute atomic E-state index is 13.7. The van der Waals surface area contributed by atoms with E-state index in [1.807, 2.05) is 0 Å². The molecule has 8 heteroatoms. The Morgan fingerprint density at radius 3 is 2.54 bits per heavy atom. The highest BCUT2D eigenvalue weighted by atomic mass is 79.9. The minimum absolute atomic E-state index is 0.176. The molecule has 0 radical (unpaired) electrons. The van der Waals surface area contributed by atoms with E-state index in [4.69, 9.17) is 9.47 Å². The van der Waals surface area contributed by atoms with Crippen LogP contribution < -0.4 is 5.32 Å². The summed E-state index contributed by atoms with van der Waals surface area (Å²) in [5, 5.41) is 21.1. The Balaban J connectivity index is 2.20. The van der Waals surface area contributed by atoms with Crippen LogP contribution in [0.5, 0.6) is 5.75 Å². The van der Waals surface area contributed by atoms with Gasteiger partial charge in [0.15, 0.2) is 17.7 Å². The van der Waals surface area contributed by atoms with E-state index < -0.39 is 29.9 Å². The zero-order chi connectivity index (χ0) is 19.1. The lowest BCUT2D eigenvalue weighted by molar-refractivity contribution is -0.0307. The zero-order valence-corrected chi connectivity index (χ0v) is 15.6. The van der Waals surface area contributed by atoms with Crippen molar-refractivity contribution in [1.29, 1.82) is 0 Å². The molecular formula is C18H19BrFNO5. The number of anilines is 1. The number of carbonyl (C=O) groups is 1. The molecule has 1 amide bonds. The fourth-order valence-corrected chi connectivity index (χ4v) is 2.64. The number of phenols is 1. The van der Waals surface area contributed by atoms with Crippen LogP contribution in [0.25, 0.3) is 0 Å². The lowest BCUT2D eigenvalue weighted by atomic mass is 10.0. The third kappa shape index (κ3) is 5.42. The Labute approximate surface area is 158 Å². The van der Waals surface area contributed by atoms with Gasteiger partial charge in [-0.05, 0) is 42.0 Å². The van der Waals surface area contributed by atoms with E-state index in [1.54, 1.807) is 24.3 Å². The first-order valence-electron chi connectivity index (χ1n) is 7.80. The standard InChI is InChI=1S/C18H19BrFNO5/c1-25-16(8-9-22)17(11-2-7-15(23)14(20)10-11)26-18(24)21-13-5-3-12(19)4-6-13/h2-7,10,16-17,22-23H,8-9H2,1H3,(H,21,24)/t16-,17-/m0/s1. The molecular weight excluding hydrogens is 409 g/mol. The van der Waals surface area contributed by atoms with Crippen LogP contribution in [0.3, 0.4) is 0 Å². The highest BCUT2D eigenvalue weighted by molar-refractivity contribution is 9.10. The van der Waals surface area contributed by atoms with Crippen LogP contribution in [-0.2, 0) is 9.47 Å². The van der Waals surface area contributed by atoms with Gasteiger partial charge in [0.25, 0.3) is 0 Å². The number of benzene rings is 2. The molecule has 0 bridgehead atoms. The number of nitrogens with one attached hydrogen (secondary N) is 1. The molecule has 0 aliphatic rings. The second-order valence-corrected chi connectivity index (χ2v) is 6.37. The van der Waals surface area contributed by atoms with Crippen LogP contribution in [0.1, 0.15) is 18.1 Å². The molecule has 26 heavy (non-hydrogen) atoms. The summed E-state index contributed by atoms with van der Waals surface area (Å²) in [4.78, 5) is 12.3. The van der Waals surface area contributed by atoms with Crippen molar-refractivity contribution >= 4 is 27.7 Å². The number of carbonyl (C=O) groups excluding carboxylic acids is 1. The Morgan fingerprint density at radius 1 is 1.27 bits per heavy atom. The number of aliphatic hydroxyl groups is 1. The number of phenolic OH excluding ortho intramolecular Hbond substituents is 1. The molecule has 0 aliphatic carbocycles. The maximum Gasteiger partial charge on any atom is 0.412 e. The summed E-state index contributed by atoms with van der Waals surface area (Å²) in [6.07, 6.45) is -2.25. The molecule has 140 valence electrons. The number of methoxy groups -OCH3 is 1. The van der Waals surface area contributed by atoms with Crippen LogP contribution in [0.15, 0.2) is 46.9 Å². The molecule has 0 saturated carbocycles. The fourth-order valence-electron chi connectivity index (χ4n) is 2.37. The van der Waals surface area contributed by atoms with E-state index in [0.29, 0.717) is 11.3 Å². The summed E-state index contributed by atoms with van der Waals surface area (Å²) in [6, 6.07) is 10.5. The van der Waals surface area contributed by atoms with Crippen molar-refractivity contribution in [3.05, 3.63) is 58.3 Å². The predicted octanol–water partition coefficient (Wildman–Crippen LogP) is 3.98. The largest absolute Gasteiger partial charge is 0.505 e. The molecule has 0 heterocycles. The van der Waals surface area contributed by atoms with Gasteiger partial charge >= 0.3 is 6.09 Å². The molecule has 2 aromatic rings. The molecule has 0 aliphatic heterocycles. The second kappa shape index (κ2) is 9.51. The van der Waals surface area contributed by atoms with E-state index in [-0.39, 0.29) is 13.0 Å². The van der Waals surface area contributed by atoms with Crippen molar-refractivity contribution in [3.8, 4) is 5.75 Å². The Hall–Kier alpha value is -2.16. The Bertz CT molecular complexity index is 741. The highest BCUT2D eigenvalue weighted by Crippen LogP contribution is 2.29. The molecule has 0 saturated heterocycles. The fraction of sp³-hybridized carbons (Fsp3) is 0.278. The quantitative estimate of drug-likeness (QED) is 0.621. The topological polar surface area (TPSA) is 88.0 Å². The van der Waals surface area contributed by atoms with Gasteiger partial charge in [-0.2, -0.15) is 0 Å². The molecule has 2 rings (SSSR count). The van der Waals surface area contributed by atoms with Crippen molar-refractivity contribution in [2.24, 2.45) is 0 Å². The van der Waals surface area contributed by atoms with Gasteiger partial charge in [0, 0.05) is 30.3 Å². The van der Waals surface area contributed by atoms with Gasteiger partial charge in [0.1, 0.15) is 6.10 Å². The number of amides is 1. The number of hydrogen-bond donors (Lipinski definition) is 3. The lowest BCUT2D eigenvalue weighted by Gasteiger charge is -2.26. The number of ether oxygens (including phenoxy) is 2. The Morgan fingerprint density at radius 2 is 1.96 bits per heavy atom. The van der Waals surface area contributed by atoms with E-state index in [9.17, 15) is 19.4 Å². The van der Waals surface area contributed by atoms with Gasteiger partial charge in [0.05, 0.1) is 0 Å². The summed E-state index contributed by atoms with van der Waals surface area (Å²) in [5.41, 5.74) is 0.816. The number of rotatable bonds is 7. The van der Waals surface area contributed by atoms with Gasteiger partial charge in [-0.1, -0.05) is 22.0 Å². The first-order chi connectivity index (χ1) is 12.4. The van der Waals surface area contributed by atoms with E-state index in [1.165, 1.54) is 19.2 Å². The number of aliphatic hydroxyl groups excluding tert-OH is 1. The number of hydrogen-bond acceptors (Lipinski definition) is 5. The van der Waals surface area contributed by atoms with Gasteiger partial charge in [0.2, 0.25) is 0 Å². The van der Waals surface area contributed by atoms with Crippen LogP contribution in [0.2, 0.25) is 0 Å². The molecule has 6 nitrogen and oxygen atoms in total. The van der Waals surface area contributed by atoms with Crippen molar-refractivity contribution in [2.45, 2.75) is 18.6 Å². The average Bonchev–Trinajstić information content (AvgIpc) is 2.62. The molecule has 0 unspecified atom stereocenters. The van der Waals surface area contributed by atoms with Crippen LogP contribution in [0, 0.1) is 5.82 Å². The maximum atomic E-state index is 13.7. The molecule has 3 N–H and O–H groups in total. The lowest BCUT2D eigenvalue weighted by Crippen LogP contribution is -2.29. The summed E-state index contributed by atoms with van der Waals surface area (Å²) < 4.78 is 25.3. The zero-order valence-electron chi connectivity index (χ0n) is 14.0. The van der Waals surface area contributed by atoms with Crippen molar-refractivity contribution in [2.75, 3.05) is 19.0 Å².